The highest BCUT2D eigenvalue weighted by atomic mass is 16.3. The van der Waals surface area contributed by atoms with E-state index >= 15 is 0 Å². The van der Waals surface area contributed by atoms with Gasteiger partial charge in [0.05, 0.1) is 11.7 Å². The van der Waals surface area contributed by atoms with Crippen molar-refractivity contribution >= 4 is 28.2 Å². The molecule has 4 aromatic rings. The fraction of sp³-hybridized carbons (Fsp3) is 0.0556. The van der Waals surface area contributed by atoms with Crippen LogP contribution in [-0.4, -0.2) is 26.0 Å². The Morgan fingerprint density at radius 2 is 1.88 bits per heavy atom. The molecule has 0 unspecified atom stereocenters. The van der Waals surface area contributed by atoms with Crippen LogP contribution in [0.1, 0.15) is 11.1 Å². The summed E-state index contributed by atoms with van der Waals surface area (Å²) >= 11 is 0. The van der Waals surface area contributed by atoms with E-state index in [-0.39, 0.29) is 11.3 Å². The highest BCUT2D eigenvalue weighted by Crippen LogP contribution is 2.21. The molecule has 124 valence electrons. The molecule has 0 aliphatic heterocycles. The lowest BCUT2D eigenvalue weighted by Crippen LogP contribution is -2.32. The van der Waals surface area contributed by atoms with Gasteiger partial charge in [-0.05, 0) is 31.2 Å². The number of rotatable bonds is 2. The molecule has 7 heteroatoms. The lowest BCUT2D eigenvalue weighted by molar-refractivity contribution is 0.474. The molecule has 0 saturated heterocycles. The number of nitrogens with one attached hydrogen (secondary N) is 2. The van der Waals surface area contributed by atoms with Crippen molar-refractivity contribution in [2.75, 3.05) is 0 Å². The molecule has 0 fully saturated rings. The number of phenolic OH excluding ortho intramolecular Hbond substituents is 1. The molecule has 7 nitrogen and oxygen atoms in total. The zero-order valence-corrected chi connectivity index (χ0v) is 13.3. The van der Waals surface area contributed by atoms with Crippen LogP contribution in [0.5, 0.6) is 5.75 Å². The normalized spacial score (nSPS) is 11.7. The summed E-state index contributed by atoms with van der Waals surface area (Å²) in [6.07, 6.45) is 1.27. The lowest BCUT2D eigenvalue weighted by Gasteiger charge is -1.99. The first kappa shape index (κ1) is 14.9. The van der Waals surface area contributed by atoms with E-state index in [1.165, 1.54) is 12.3 Å². The van der Waals surface area contributed by atoms with Crippen LogP contribution < -0.4 is 11.2 Å². The van der Waals surface area contributed by atoms with Crippen molar-refractivity contribution in [2.45, 2.75) is 6.92 Å². The predicted molar refractivity (Wildman–Crippen MR) is 96.5 cm³/mol. The molecule has 3 N–H and O–H groups in total. The Kier molecular flexibility index (Phi) is 3.28. The second-order valence-electron chi connectivity index (χ2n) is 5.77. The van der Waals surface area contributed by atoms with Crippen molar-refractivity contribution < 1.29 is 5.11 Å². The van der Waals surface area contributed by atoms with Crippen molar-refractivity contribution in [3.8, 4) is 5.75 Å². The Bertz CT molecular complexity index is 1260. The van der Waals surface area contributed by atoms with Gasteiger partial charge in [0.2, 0.25) is 0 Å². The van der Waals surface area contributed by atoms with Gasteiger partial charge < -0.3 is 15.1 Å². The number of aryl methyl sites for hydroxylation is 1. The number of fused-ring (bicyclic) bond motifs is 3. The predicted octanol–water partition coefficient (Wildman–Crippen LogP) is 2.07. The molecule has 2 heterocycles. The lowest BCUT2D eigenvalue weighted by atomic mass is 10.2. The molecule has 0 aliphatic carbocycles. The molecule has 4 rings (SSSR count). The Hall–Kier alpha value is -3.61. The maximum atomic E-state index is 12.6. The third kappa shape index (κ3) is 2.42. The van der Waals surface area contributed by atoms with Crippen LogP contribution in [0, 0.1) is 6.92 Å². The van der Waals surface area contributed by atoms with Gasteiger partial charge in [0, 0.05) is 16.5 Å². The van der Waals surface area contributed by atoms with E-state index in [9.17, 15) is 14.7 Å². The van der Waals surface area contributed by atoms with E-state index in [4.69, 9.17) is 0 Å². The highest BCUT2D eigenvalue weighted by molar-refractivity contribution is 6.04. The molecule has 2 aromatic carbocycles. The number of para-hydroxylation sites is 1. The van der Waals surface area contributed by atoms with E-state index in [0.717, 1.165) is 21.1 Å². The van der Waals surface area contributed by atoms with E-state index in [2.05, 4.69) is 15.1 Å². The zero-order valence-electron chi connectivity index (χ0n) is 13.3. The van der Waals surface area contributed by atoms with E-state index < -0.39 is 11.2 Å². The van der Waals surface area contributed by atoms with Crippen molar-refractivity contribution in [3.63, 3.8) is 0 Å². The van der Waals surface area contributed by atoms with E-state index in [1.807, 2.05) is 25.1 Å². The SMILES string of the molecule is Cc1ccc2[nH]c3c(=O)n(N=Cc4ccccc4O)c(=O)[nH]c3c2c1. The molecule has 25 heavy (non-hydrogen) atoms. The topological polar surface area (TPSA) is 103 Å². The molecule has 0 radical (unpaired) electrons. The number of hydrogen-bond donors (Lipinski definition) is 3. The number of hydrogen-bond acceptors (Lipinski definition) is 4. The van der Waals surface area contributed by atoms with Gasteiger partial charge in [0.15, 0.2) is 0 Å². The molecular weight excluding hydrogens is 320 g/mol. The summed E-state index contributed by atoms with van der Waals surface area (Å²) < 4.78 is 0.733. The fourth-order valence-electron chi connectivity index (χ4n) is 2.78. The number of H-pyrrole nitrogens is 2. The van der Waals surface area contributed by atoms with Gasteiger partial charge in [-0.25, -0.2) is 4.79 Å². The summed E-state index contributed by atoms with van der Waals surface area (Å²) in [5.41, 5.74) is 1.72. The van der Waals surface area contributed by atoms with Crippen molar-refractivity contribution in [1.29, 1.82) is 0 Å². The van der Waals surface area contributed by atoms with Crippen LogP contribution in [-0.2, 0) is 0 Å². The van der Waals surface area contributed by atoms with Gasteiger partial charge in [-0.15, -0.1) is 4.68 Å². The minimum absolute atomic E-state index is 0.0119. The number of aromatic amines is 2. The first-order chi connectivity index (χ1) is 12.0. The smallest absolute Gasteiger partial charge is 0.350 e. The number of phenols is 1. The average Bonchev–Trinajstić information content (AvgIpc) is 2.94. The number of benzene rings is 2. The maximum Gasteiger partial charge on any atom is 0.350 e. The monoisotopic (exact) mass is 334 g/mol. The van der Waals surface area contributed by atoms with Crippen LogP contribution in [0.4, 0.5) is 0 Å². The minimum Gasteiger partial charge on any atom is -0.507 e. The third-order valence-electron chi connectivity index (χ3n) is 4.03. The van der Waals surface area contributed by atoms with Crippen molar-refractivity contribution in [2.24, 2.45) is 5.10 Å². The quantitative estimate of drug-likeness (QED) is 0.489. The van der Waals surface area contributed by atoms with E-state index in [0.29, 0.717) is 11.1 Å². The van der Waals surface area contributed by atoms with Crippen LogP contribution in [0.25, 0.3) is 21.9 Å². The molecule has 0 amide bonds. The molecule has 2 aromatic heterocycles. The largest absolute Gasteiger partial charge is 0.507 e. The van der Waals surface area contributed by atoms with Crippen molar-refractivity contribution in [1.82, 2.24) is 14.6 Å². The molecule has 0 atom stereocenters. The Balaban J connectivity index is 1.94. The Labute approximate surface area is 140 Å². The van der Waals surface area contributed by atoms with Gasteiger partial charge in [0.1, 0.15) is 11.3 Å². The van der Waals surface area contributed by atoms with Gasteiger partial charge >= 0.3 is 11.2 Å². The standard InChI is InChI=1S/C18H14N4O3/c1-10-6-7-13-12(8-10)15-16(20-13)17(24)22(18(25)21-15)19-9-11-4-2-3-5-14(11)23/h2-9,20,23H,1H3,(H,21,25). The third-order valence-corrected chi connectivity index (χ3v) is 4.03. The molecule has 0 bridgehead atoms. The summed E-state index contributed by atoms with van der Waals surface area (Å²) in [4.78, 5) is 30.7. The average molecular weight is 334 g/mol. The Morgan fingerprint density at radius 3 is 2.68 bits per heavy atom. The summed E-state index contributed by atoms with van der Waals surface area (Å²) in [5, 5.41) is 14.5. The number of nitrogens with zero attached hydrogens (tertiary/aromatic N) is 2. The summed E-state index contributed by atoms with van der Waals surface area (Å²) in [6.45, 7) is 1.94. The zero-order chi connectivity index (χ0) is 17.6. The molecule has 0 spiro atoms. The molecule has 0 saturated carbocycles. The van der Waals surface area contributed by atoms with Gasteiger partial charge in [-0.3, -0.25) is 4.79 Å². The first-order valence-electron chi connectivity index (χ1n) is 7.64. The number of aromatic hydroxyl groups is 1. The van der Waals surface area contributed by atoms with Crippen LogP contribution in [0.3, 0.4) is 0 Å². The molecule has 0 aliphatic rings. The van der Waals surface area contributed by atoms with Gasteiger partial charge in [0.25, 0.3) is 0 Å². The number of aromatic nitrogens is 3. The van der Waals surface area contributed by atoms with Crippen molar-refractivity contribution in [3.05, 3.63) is 74.4 Å². The van der Waals surface area contributed by atoms with Gasteiger partial charge in [-0.1, -0.05) is 23.8 Å². The fourth-order valence-corrected chi connectivity index (χ4v) is 2.78. The van der Waals surface area contributed by atoms with Crippen LogP contribution >= 0.6 is 0 Å². The highest BCUT2D eigenvalue weighted by Gasteiger charge is 2.12. The first-order valence-corrected chi connectivity index (χ1v) is 7.64. The minimum atomic E-state index is -0.647. The Morgan fingerprint density at radius 1 is 1.08 bits per heavy atom. The second kappa shape index (κ2) is 5.48. The summed E-state index contributed by atoms with van der Waals surface area (Å²) in [7, 11) is 0. The second-order valence-corrected chi connectivity index (χ2v) is 5.77. The van der Waals surface area contributed by atoms with Crippen LogP contribution in [0.15, 0.2) is 57.2 Å². The summed E-state index contributed by atoms with van der Waals surface area (Å²) in [6, 6.07) is 12.2. The van der Waals surface area contributed by atoms with Crippen LogP contribution in [0.2, 0.25) is 0 Å². The summed E-state index contributed by atoms with van der Waals surface area (Å²) in [5.74, 6) is 0.0119. The maximum absolute atomic E-state index is 12.6. The molecular formula is C18H14N4O3. The van der Waals surface area contributed by atoms with E-state index in [1.54, 1.807) is 18.2 Å². The van der Waals surface area contributed by atoms with Gasteiger partial charge in [-0.2, -0.15) is 5.10 Å².